The van der Waals surface area contributed by atoms with E-state index in [1.165, 1.54) is 44.3 Å². The second kappa shape index (κ2) is 14.1. The van der Waals surface area contributed by atoms with Gasteiger partial charge in [-0.05, 0) is 71.3 Å². The molecule has 0 aliphatic carbocycles. The molecule has 0 bridgehead atoms. The number of anilines is 1. The molecule has 0 unspecified atom stereocenters. The molecule has 0 fully saturated rings. The van der Waals surface area contributed by atoms with E-state index in [-0.39, 0.29) is 23.6 Å². The van der Waals surface area contributed by atoms with E-state index in [4.69, 9.17) is 23.7 Å². The van der Waals surface area contributed by atoms with Gasteiger partial charge in [-0.15, -0.1) is 0 Å². The van der Waals surface area contributed by atoms with Gasteiger partial charge in [0.05, 0.1) is 50.3 Å². The Morgan fingerprint density at radius 1 is 0.857 bits per heavy atom. The molecular formula is C37H33N3O8S. The van der Waals surface area contributed by atoms with Crippen LogP contribution in [0.15, 0.2) is 99.9 Å². The van der Waals surface area contributed by atoms with E-state index < -0.39 is 12.0 Å². The number of carbonyl (C=O) groups is 2. The second-order valence-electron chi connectivity index (χ2n) is 11.0. The molecule has 2 heterocycles. The normalized spacial score (nSPS) is 14.1. The van der Waals surface area contributed by atoms with Crippen LogP contribution in [0.1, 0.15) is 24.1 Å². The van der Waals surface area contributed by atoms with Gasteiger partial charge in [-0.1, -0.05) is 53.8 Å². The maximum atomic E-state index is 14.0. The molecule has 49 heavy (non-hydrogen) atoms. The molecule has 0 spiro atoms. The predicted octanol–water partition coefficient (Wildman–Crippen LogP) is 4.60. The predicted molar refractivity (Wildman–Crippen MR) is 186 cm³/mol. The van der Waals surface area contributed by atoms with Gasteiger partial charge in [-0.25, -0.2) is 9.79 Å². The number of hydrogen-bond donors (Lipinski definition) is 1. The van der Waals surface area contributed by atoms with Gasteiger partial charge in [0.25, 0.3) is 11.5 Å². The van der Waals surface area contributed by atoms with Crippen molar-refractivity contribution in [3.05, 3.63) is 121 Å². The molecule has 4 aromatic carbocycles. The molecule has 0 saturated carbocycles. The number of fused-ring (bicyclic) bond motifs is 2. The smallest absolute Gasteiger partial charge is 0.338 e. The van der Waals surface area contributed by atoms with Crippen molar-refractivity contribution in [2.75, 3.05) is 40.4 Å². The number of nitrogens with one attached hydrogen (secondary N) is 1. The van der Waals surface area contributed by atoms with E-state index >= 15 is 0 Å². The molecule has 6 rings (SSSR count). The average molecular weight is 680 g/mol. The molecule has 1 atom stereocenters. The van der Waals surface area contributed by atoms with Gasteiger partial charge in [0.1, 0.15) is 0 Å². The van der Waals surface area contributed by atoms with E-state index in [2.05, 4.69) is 10.3 Å². The van der Waals surface area contributed by atoms with Crippen molar-refractivity contribution < 1.29 is 33.3 Å². The van der Waals surface area contributed by atoms with E-state index in [1.54, 1.807) is 49.4 Å². The summed E-state index contributed by atoms with van der Waals surface area (Å²) >= 11 is 1.19. The fourth-order valence-electron chi connectivity index (χ4n) is 5.68. The lowest BCUT2D eigenvalue weighted by Crippen LogP contribution is -2.39. The molecule has 1 aliphatic heterocycles. The third-order valence-corrected chi connectivity index (χ3v) is 9.01. The first-order valence-corrected chi connectivity index (χ1v) is 16.0. The molecule has 11 nitrogen and oxygen atoms in total. The SMILES string of the molecule is COC(=O)C1=C(C)N=c2s/c(=C/c3ccc(OCC(=O)Nc4ccc5ccccc5c4)c(OC)c3)c(=O)n2[C@@H]1c1ccc(OC)c(OC)c1. The summed E-state index contributed by atoms with van der Waals surface area (Å²) in [6, 6.07) is 23.1. The Morgan fingerprint density at radius 3 is 2.31 bits per heavy atom. The lowest BCUT2D eigenvalue weighted by molar-refractivity contribution is -0.136. The minimum Gasteiger partial charge on any atom is -0.493 e. The molecule has 1 aromatic heterocycles. The van der Waals surface area contributed by atoms with E-state index in [9.17, 15) is 14.4 Å². The van der Waals surface area contributed by atoms with Crippen LogP contribution in [0.5, 0.6) is 23.0 Å². The van der Waals surface area contributed by atoms with Gasteiger partial charge >= 0.3 is 5.97 Å². The number of amides is 1. The number of aromatic nitrogens is 1. The fraction of sp³-hybridized carbons (Fsp3) is 0.189. The summed E-state index contributed by atoms with van der Waals surface area (Å²) in [6.45, 7) is 1.47. The molecule has 0 radical (unpaired) electrons. The summed E-state index contributed by atoms with van der Waals surface area (Å²) in [4.78, 5) is 44.8. The summed E-state index contributed by atoms with van der Waals surface area (Å²) in [5.74, 6) is 0.774. The zero-order chi connectivity index (χ0) is 34.7. The summed E-state index contributed by atoms with van der Waals surface area (Å²) in [5.41, 5.74) is 2.27. The first kappa shape index (κ1) is 33.0. The van der Waals surface area contributed by atoms with Gasteiger partial charge < -0.3 is 29.0 Å². The van der Waals surface area contributed by atoms with Crippen molar-refractivity contribution in [3.8, 4) is 23.0 Å². The highest BCUT2D eigenvalue weighted by molar-refractivity contribution is 7.07. The van der Waals surface area contributed by atoms with E-state index in [1.807, 2.05) is 42.5 Å². The monoisotopic (exact) mass is 679 g/mol. The largest absolute Gasteiger partial charge is 0.493 e. The van der Waals surface area contributed by atoms with Crippen LogP contribution in [-0.2, 0) is 14.3 Å². The van der Waals surface area contributed by atoms with Gasteiger partial charge in [0.2, 0.25) is 0 Å². The van der Waals surface area contributed by atoms with Crippen LogP contribution in [0, 0.1) is 0 Å². The Balaban J connectivity index is 1.28. The van der Waals surface area contributed by atoms with Crippen molar-refractivity contribution in [3.63, 3.8) is 0 Å². The summed E-state index contributed by atoms with van der Waals surface area (Å²) < 4.78 is 29.2. The molecule has 1 amide bonds. The molecular weight excluding hydrogens is 646 g/mol. The molecule has 0 saturated heterocycles. The maximum absolute atomic E-state index is 14.0. The molecule has 5 aromatic rings. The number of esters is 1. The summed E-state index contributed by atoms with van der Waals surface area (Å²) in [7, 11) is 5.83. The first-order valence-electron chi connectivity index (χ1n) is 15.2. The highest BCUT2D eigenvalue weighted by Gasteiger charge is 2.33. The van der Waals surface area contributed by atoms with Crippen LogP contribution >= 0.6 is 11.3 Å². The number of carbonyl (C=O) groups excluding carboxylic acids is 2. The number of rotatable bonds is 10. The Labute approximate surface area is 285 Å². The molecule has 12 heteroatoms. The molecule has 1 N–H and O–H groups in total. The number of thiazole rings is 1. The van der Waals surface area contributed by atoms with Crippen LogP contribution in [0.2, 0.25) is 0 Å². The van der Waals surface area contributed by atoms with Crippen molar-refractivity contribution >= 4 is 45.7 Å². The van der Waals surface area contributed by atoms with Gasteiger partial charge in [0, 0.05) is 5.69 Å². The topological polar surface area (TPSA) is 127 Å². The third kappa shape index (κ3) is 6.63. The number of hydrogen-bond acceptors (Lipinski definition) is 10. The van der Waals surface area contributed by atoms with Crippen LogP contribution < -0.4 is 39.2 Å². The van der Waals surface area contributed by atoms with Crippen molar-refractivity contribution in [1.82, 2.24) is 4.57 Å². The Kier molecular flexibility index (Phi) is 9.49. The fourth-order valence-corrected chi connectivity index (χ4v) is 6.73. The number of ether oxygens (including phenoxy) is 5. The van der Waals surface area contributed by atoms with Crippen molar-refractivity contribution in [1.29, 1.82) is 0 Å². The standard InChI is InChI=1S/C37H33N3O8S/c1-21-33(36(43)47-5)34(25-12-15-27(44-2)30(19-25)46-4)40-35(42)31(49-37(40)38-21)17-22-10-14-28(29(16-22)45-3)48-20-32(41)39-26-13-11-23-8-6-7-9-24(23)18-26/h6-19,34H,20H2,1-5H3,(H,39,41)/b31-17+/t34-/m1/s1. The van der Waals surface area contributed by atoms with Crippen LogP contribution in [0.25, 0.3) is 16.8 Å². The van der Waals surface area contributed by atoms with Crippen LogP contribution in [0.3, 0.4) is 0 Å². The number of benzene rings is 4. The van der Waals surface area contributed by atoms with Crippen LogP contribution in [0.4, 0.5) is 5.69 Å². The minimum atomic E-state index is -0.822. The van der Waals surface area contributed by atoms with Gasteiger partial charge in [-0.2, -0.15) is 0 Å². The Morgan fingerprint density at radius 2 is 1.57 bits per heavy atom. The summed E-state index contributed by atoms with van der Waals surface area (Å²) in [6.07, 6.45) is 1.71. The summed E-state index contributed by atoms with van der Waals surface area (Å²) in [5, 5.41) is 4.95. The van der Waals surface area contributed by atoms with Crippen LogP contribution in [-0.4, -0.2) is 51.5 Å². The van der Waals surface area contributed by atoms with Crippen molar-refractivity contribution in [2.45, 2.75) is 13.0 Å². The quantitative estimate of drug-likeness (QED) is 0.212. The highest BCUT2D eigenvalue weighted by Crippen LogP contribution is 2.36. The highest BCUT2D eigenvalue weighted by atomic mass is 32.1. The lowest BCUT2D eigenvalue weighted by atomic mass is 9.95. The van der Waals surface area contributed by atoms with Gasteiger partial charge in [0.15, 0.2) is 34.4 Å². The molecule has 250 valence electrons. The number of nitrogens with zero attached hydrogens (tertiary/aromatic N) is 2. The van der Waals surface area contributed by atoms with E-state index in [0.29, 0.717) is 54.8 Å². The number of allylic oxidation sites excluding steroid dienone is 1. The average Bonchev–Trinajstić information content (AvgIpc) is 3.42. The van der Waals surface area contributed by atoms with E-state index in [0.717, 1.165) is 10.8 Å². The molecule has 1 aliphatic rings. The zero-order valence-corrected chi connectivity index (χ0v) is 28.3. The lowest BCUT2D eigenvalue weighted by Gasteiger charge is -2.25. The first-order chi connectivity index (χ1) is 23.7. The van der Waals surface area contributed by atoms with Crippen molar-refractivity contribution in [2.24, 2.45) is 4.99 Å². The maximum Gasteiger partial charge on any atom is 0.338 e. The zero-order valence-electron chi connectivity index (χ0n) is 27.4. The third-order valence-electron chi connectivity index (χ3n) is 8.03. The Bertz CT molecular complexity index is 2310. The second-order valence-corrected chi connectivity index (χ2v) is 12.0. The Hall–Kier alpha value is -5.88. The number of methoxy groups -OCH3 is 4. The minimum absolute atomic E-state index is 0.237. The van der Waals surface area contributed by atoms with Gasteiger partial charge in [-0.3, -0.25) is 14.2 Å².